The van der Waals surface area contributed by atoms with Gasteiger partial charge in [0.05, 0.1) is 17.0 Å². The van der Waals surface area contributed by atoms with E-state index in [1.807, 2.05) is 31.5 Å². The minimum Gasteiger partial charge on any atom is -0.481 e. The highest BCUT2D eigenvalue weighted by molar-refractivity contribution is 7.99. The summed E-state index contributed by atoms with van der Waals surface area (Å²) in [5, 5.41) is 20.7. The number of carboxylic acids is 1. The highest BCUT2D eigenvalue weighted by atomic mass is 32.2. The molecule has 1 aromatic heterocycles. The molecule has 0 aliphatic rings. The second-order valence-electron chi connectivity index (χ2n) is 5.68. The molecule has 128 valence electrons. The van der Waals surface area contributed by atoms with Gasteiger partial charge in [0.25, 0.3) is 5.69 Å². The first-order valence-corrected chi connectivity index (χ1v) is 8.30. The average Bonchev–Trinajstić information content (AvgIpc) is 2.82. The van der Waals surface area contributed by atoms with E-state index in [4.69, 9.17) is 5.11 Å². The van der Waals surface area contributed by atoms with Crippen LogP contribution in [-0.4, -0.2) is 25.6 Å². The van der Waals surface area contributed by atoms with Crippen LogP contribution in [0.15, 0.2) is 34.2 Å². The van der Waals surface area contributed by atoms with Gasteiger partial charge in [-0.1, -0.05) is 31.7 Å². The van der Waals surface area contributed by atoms with Crippen molar-refractivity contribution in [3.05, 3.63) is 45.9 Å². The summed E-state index contributed by atoms with van der Waals surface area (Å²) in [6, 6.07) is 6.44. The quantitative estimate of drug-likeness (QED) is 0.605. The molecule has 0 saturated carbocycles. The van der Waals surface area contributed by atoms with E-state index < -0.39 is 10.9 Å². The van der Waals surface area contributed by atoms with Crippen molar-refractivity contribution in [3.63, 3.8) is 0 Å². The van der Waals surface area contributed by atoms with Crippen LogP contribution in [0.2, 0.25) is 0 Å². The molecule has 0 aliphatic heterocycles. The Bertz CT molecular complexity index is 771. The van der Waals surface area contributed by atoms with Gasteiger partial charge in [0.15, 0.2) is 0 Å². The van der Waals surface area contributed by atoms with Gasteiger partial charge in [0.1, 0.15) is 10.9 Å². The molecule has 1 N–H and O–H groups in total. The number of carbonyl (C=O) groups is 1. The minimum atomic E-state index is -0.864. The number of hydrogen-bond donors (Lipinski definition) is 1. The molecule has 0 atom stereocenters. The monoisotopic (exact) mass is 349 g/mol. The summed E-state index contributed by atoms with van der Waals surface area (Å²) in [5.74, 6) is 0.00184. The SMILES string of the molecule is CC(C)c1nc(CCC(=O)O)n(C)c1Sc1cccc([N+](=O)[O-])c1. The number of nitro groups is 1. The predicted octanol–water partition coefficient (Wildman–Crippen LogP) is 3.62. The van der Waals surface area contributed by atoms with Crippen molar-refractivity contribution >= 4 is 23.4 Å². The Labute approximate surface area is 143 Å². The van der Waals surface area contributed by atoms with E-state index in [0.29, 0.717) is 12.2 Å². The van der Waals surface area contributed by atoms with Crippen molar-refractivity contribution in [1.82, 2.24) is 9.55 Å². The molecule has 1 aromatic carbocycles. The molecule has 7 nitrogen and oxygen atoms in total. The first kappa shape index (κ1) is 18.0. The van der Waals surface area contributed by atoms with E-state index in [0.717, 1.165) is 15.6 Å². The molecule has 0 aliphatic carbocycles. The van der Waals surface area contributed by atoms with Crippen LogP contribution in [0.4, 0.5) is 5.69 Å². The molecule has 8 heteroatoms. The molecular weight excluding hydrogens is 330 g/mol. The highest BCUT2D eigenvalue weighted by Gasteiger charge is 2.19. The molecular formula is C16H19N3O4S. The van der Waals surface area contributed by atoms with Crippen LogP contribution in [-0.2, 0) is 18.3 Å². The summed E-state index contributed by atoms with van der Waals surface area (Å²) in [5.41, 5.74) is 0.911. The Balaban J connectivity index is 2.36. The summed E-state index contributed by atoms with van der Waals surface area (Å²) in [7, 11) is 1.84. The van der Waals surface area contributed by atoms with Crippen LogP contribution in [0.3, 0.4) is 0 Å². The number of aliphatic carboxylic acids is 1. The van der Waals surface area contributed by atoms with Gasteiger partial charge in [0.2, 0.25) is 0 Å². The molecule has 0 radical (unpaired) electrons. The van der Waals surface area contributed by atoms with Gasteiger partial charge >= 0.3 is 5.97 Å². The van der Waals surface area contributed by atoms with E-state index in [1.165, 1.54) is 23.9 Å². The molecule has 0 amide bonds. The number of carboxylic acid groups (broad SMARTS) is 1. The number of benzene rings is 1. The Morgan fingerprint density at radius 1 is 1.46 bits per heavy atom. The van der Waals surface area contributed by atoms with Gasteiger partial charge in [-0.25, -0.2) is 4.98 Å². The van der Waals surface area contributed by atoms with Crippen LogP contribution >= 0.6 is 11.8 Å². The number of non-ortho nitro benzene ring substituents is 1. The number of aromatic nitrogens is 2. The summed E-state index contributed by atoms with van der Waals surface area (Å²) >= 11 is 1.40. The lowest BCUT2D eigenvalue weighted by molar-refractivity contribution is -0.385. The zero-order chi connectivity index (χ0) is 17.9. The van der Waals surface area contributed by atoms with Gasteiger partial charge in [-0.15, -0.1) is 0 Å². The van der Waals surface area contributed by atoms with Crippen molar-refractivity contribution in [2.24, 2.45) is 7.05 Å². The molecule has 1 heterocycles. The predicted molar refractivity (Wildman–Crippen MR) is 90.5 cm³/mol. The fourth-order valence-electron chi connectivity index (χ4n) is 2.26. The van der Waals surface area contributed by atoms with Gasteiger partial charge in [-0.05, 0) is 12.0 Å². The Morgan fingerprint density at radius 3 is 2.75 bits per heavy atom. The summed E-state index contributed by atoms with van der Waals surface area (Å²) in [6.07, 6.45) is 0.365. The molecule has 0 saturated heterocycles. The van der Waals surface area contributed by atoms with E-state index in [-0.39, 0.29) is 18.0 Å². The number of aryl methyl sites for hydroxylation is 1. The van der Waals surface area contributed by atoms with Crippen LogP contribution in [0.5, 0.6) is 0 Å². The van der Waals surface area contributed by atoms with Crippen molar-refractivity contribution < 1.29 is 14.8 Å². The highest BCUT2D eigenvalue weighted by Crippen LogP contribution is 2.35. The third-order valence-corrected chi connectivity index (χ3v) is 4.68. The lowest BCUT2D eigenvalue weighted by atomic mass is 10.1. The zero-order valence-electron chi connectivity index (χ0n) is 13.7. The van der Waals surface area contributed by atoms with Crippen molar-refractivity contribution in [2.75, 3.05) is 0 Å². The fraction of sp³-hybridized carbons (Fsp3) is 0.375. The maximum absolute atomic E-state index is 10.9. The van der Waals surface area contributed by atoms with Crippen molar-refractivity contribution in [3.8, 4) is 0 Å². The van der Waals surface area contributed by atoms with E-state index in [9.17, 15) is 14.9 Å². The summed E-state index contributed by atoms with van der Waals surface area (Å²) in [4.78, 5) is 26.6. The number of nitrogens with zero attached hydrogens (tertiary/aromatic N) is 3. The molecule has 0 unspecified atom stereocenters. The topological polar surface area (TPSA) is 98.3 Å². The molecule has 24 heavy (non-hydrogen) atoms. The van der Waals surface area contributed by atoms with E-state index in [1.54, 1.807) is 6.07 Å². The lowest BCUT2D eigenvalue weighted by Gasteiger charge is -2.08. The third kappa shape index (κ3) is 4.14. The van der Waals surface area contributed by atoms with Crippen molar-refractivity contribution in [2.45, 2.75) is 42.5 Å². The number of nitro benzene ring substituents is 1. The number of hydrogen-bond acceptors (Lipinski definition) is 5. The first-order chi connectivity index (χ1) is 11.3. The smallest absolute Gasteiger partial charge is 0.303 e. The summed E-state index contributed by atoms with van der Waals surface area (Å²) < 4.78 is 1.88. The second-order valence-corrected chi connectivity index (χ2v) is 6.74. The number of rotatable bonds is 7. The van der Waals surface area contributed by atoms with Gasteiger partial charge < -0.3 is 9.67 Å². The maximum atomic E-state index is 10.9. The van der Waals surface area contributed by atoms with Crippen LogP contribution in [0, 0.1) is 10.1 Å². The van der Waals surface area contributed by atoms with Gasteiger partial charge in [-0.3, -0.25) is 14.9 Å². The Kier molecular flexibility index (Phi) is 5.61. The molecule has 0 spiro atoms. The summed E-state index contributed by atoms with van der Waals surface area (Å²) in [6.45, 7) is 4.03. The Hall–Kier alpha value is -2.35. The average molecular weight is 349 g/mol. The zero-order valence-corrected chi connectivity index (χ0v) is 14.5. The van der Waals surface area contributed by atoms with Crippen molar-refractivity contribution in [1.29, 1.82) is 0 Å². The third-order valence-electron chi connectivity index (χ3n) is 3.51. The maximum Gasteiger partial charge on any atom is 0.303 e. The van der Waals surface area contributed by atoms with E-state index in [2.05, 4.69) is 4.98 Å². The standard InChI is InChI=1S/C16H19N3O4S/c1-10(2)15-16(18(3)13(17-15)7-8-14(20)21)24-12-6-4-5-11(9-12)19(22)23/h4-6,9-10H,7-8H2,1-3H3,(H,20,21). The van der Waals surface area contributed by atoms with Gasteiger partial charge in [0, 0.05) is 30.5 Å². The Morgan fingerprint density at radius 2 is 2.17 bits per heavy atom. The molecule has 0 bridgehead atoms. The molecule has 2 rings (SSSR count). The fourth-order valence-corrected chi connectivity index (χ4v) is 3.44. The molecule has 2 aromatic rings. The lowest BCUT2D eigenvalue weighted by Crippen LogP contribution is -2.03. The second kappa shape index (κ2) is 7.48. The van der Waals surface area contributed by atoms with Crippen LogP contribution < -0.4 is 0 Å². The normalized spacial score (nSPS) is 11.0. The minimum absolute atomic E-state index is 0.0172. The van der Waals surface area contributed by atoms with Crippen LogP contribution in [0.1, 0.15) is 37.7 Å². The first-order valence-electron chi connectivity index (χ1n) is 7.49. The molecule has 0 fully saturated rings. The number of imidazole rings is 1. The van der Waals surface area contributed by atoms with Gasteiger partial charge in [-0.2, -0.15) is 0 Å². The largest absolute Gasteiger partial charge is 0.481 e. The van der Waals surface area contributed by atoms with Crippen LogP contribution in [0.25, 0.3) is 0 Å². The van der Waals surface area contributed by atoms with E-state index >= 15 is 0 Å².